The van der Waals surface area contributed by atoms with Gasteiger partial charge >= 0.3 is 5.69 Å². The third kappa shape index (κ3) is 4.86. The zero-order valence-corrected chi connectivity index (χ0v) is 15.6. The first-order valence-corrected chi connectivity index (χ1v) is 9.43. The van der Waals surface area contributed by atoms with Crippen LogP contribution in [-0.4, -0.2) is 31.9 Å². The predicted octanol–water partition coefficient (Wildman–Crippen LogP) is 1.42. The molecule has 1 atom stereocenters. The first-order valence-electron chi connectivity index (χ1n) is 8.27. The topological polar surface area (TPSA) is 118 Å². The number of nitrogen functional groups attached to an aromatic ring is 1. The lowest BCUT2D eigenvalue weighted by atomic mass is 10.1. The van der Waals surface area contributed by atoms with Crippen molar-refractivity contribution in [2.75, 3.05) is 17.2 Å². The molecule has 0 aliphatic rings. The molecule has 0 aliphatic carbocycles. The zero-order valence-electron chi connectivity index (χ0n) is 14.8. The number of benzene rings is 1. The molecule has 140 valence electrons. The number of nitrogens with one attached hydrogen (secondary N) is 1. The second-order valence-corrected chi connectivity index (χ2v) is 7.42. The van der Waals surface area contributed by atoms with Crippen molar-refractivity contribution >= 4 is 23.4 Å². The number of aromatic nitrogens is 2. The molecule has 0 spiro atoms. The van der Waals surface area contributed by atoms with E-state index in [1.165, 1.54) is 16.3 Å². The van der Waals surface area contributed by atoms with E-state index in [2.05, 4.69) is 4.98 Å². The van der Waals surface area contributed by atoms with Gasteiger partial charge < -0.3 is 10.8 Å². The molecule has 26 heavy (non-hydrogen) atoms. The number of carbonyl (C=O) groups is 1. The average molecular weight is 377 g/mol. The van der Waals surface area contributed by atoms with E-state index in [1.54, 1.807) is 12.1 Å². The molecule has 0 saturated carbocycles. The number of rotatable bonds is 8. The number of nitrogens with two attached hydrogens (primary N) is 1. The Hall–Kier alpha value is -2.32. The highest BCUT2D eigenvalue weighted by Gasteiger charge is 2.20. The summed E-state index contributed by atoms with van der Waals surface area (Å²) < 4.78 is 1.21. The van der Waals surface area contributed by atoms with Crippen molar-refractivity contribution in [3.8, 4) is 0 Å². The minimum Gasteiger partial charge on any atom is -0.388 e. The van der Waals surface area contributed by atoms with Crippen LogP contribution in [0.5, 0.6) is 0 Å². The minimum absolute atomic E-state index is 0.0168. The van der Waals surface area contributed by atoms with Gasteiger partial charge in [0, 0.05) is 12.3 Å². The van der Waals surface area contributed by atoms with Crippen LogP contribution in [0.1, 0.15) is 35.9 Å². The molecule has 8 heteroatoms. The van der Waals surface area contributed by atoms with Gasteiger partial charge in [0.2, 0.25) is 0 Å². The van der Waals surface area contributed by atoms with Gasteiger partial charge in [0.05, 0.1) is 11.9 Å². The van der Waals surface area contributed by atoms with Gasteiger partial charge in [-0.1, -0.05) is 44.2 Å². The maximum Gasteiger partial charge on any atom is 0.329 e. The number of aliphatic hydroxyl groups is 1. The standard InChI is InChI=1S/C18H23N3O4S/c1-11(2)8-21-16(19)15(17(24)20-18(21)25)14(23)10-26-9-13(22)12-6-4-3-5-7-12/h3-7,11,13,22H,8-10,19H2,1-2H3,(H,20,24,25). The lowest BCUT2D eigenvalue weighted by Crippen LogP contribution is -2.37. The summed E-state index contributed by atoms with van der Waals surface area (Å²) >= 11 is 1.21. The van der Waals surface area contributed by atoms with Crippen molar-refractivity contribution in [1.82, 2.24) is 9.55 Å². The predicted molar refractivity (Wildman–Crippen MR) is 104 cm³/mol. The summed E-state index contributed by atoms with van der Waals surface area (Å²) in [6.07, 6.45) is -0.709. The molecule has 0 aliphatic heterocycles. The number of Topliss-reactive ketones (excluding diaryl/α,β-unsaturated/α-hetero) is 1. The van der Waals surface area contributed by atoms with E-state index >= 15 is 0 Å². The van der Waals surface area contributed by atoms with E-state index in [4.69, 9.17) is 5.73 Å². The number of thioether (sulfide) groups is 1. The molecule has 0 radical (unpaired) electrons. The number of aliphatic hydroxyl groups excluding tert-OH is 1. The van der Waals surface area contributed by atoms with Gasteiger partial charge in [-0.25, -0.2) is 4.79 Å². The second kappa shape index (κ2) is 8.86. The van der Waals surface area contributed by atoms with Crippen LogP contribution in [0.3, 0.4) is 0 Å². The zero-order chi connectivity index (χ0) is 19.3. The molecule has 2 rings (SSSR count). The fourth-order valence-corrected chi connectivity index (χ4v) is 3.37. The highest BCUT2D eigenvalue weighted by Crippen LogP contribution is 2.19. The van der Waals surface area contributed by atoms with E-state index in [1.807, 2.05) is 32.0 Å². The number of hydrogen-bond donors (Lipinski definition) is 3. The quantitative estimate of drug-likeness (QED) is 0.599. The van der Waals surface area contributed by atoms with Crippen molar-refractivity contribution in [3.05, 3.63) is 62.3 Å². The molecular formula is C18H23N3O4S. The summed E-state index contributed by atoms with van der Waals surface area (Å²) in [7, 11) is 0. The molecule has 7 nitrogen and oxygen atoms in total. The van der Waals surface area contributed by atoms with Crippen molar-refractivity contribution in [1.29, 1.82) is 0 Å². The van der Waals surface area contributed by atoms with Crippen LogP contribution < -0.4 is 17.0 Å². The molecule has 1 heterocycles. The average Bonchev–Trinajstić information content (AvgIpc) is 2.59. The Bertz CT molecular complexity index is 874. The SMILES string of the molecule is CC(C)Cn1c(N)c(C(=O)CSCC(O)c2ccccc2)c(=O)[nH]c1=O. The molecule has 1 aromatic carbocycles. The highest BCUT2D eigenvalue weighted by molar-refractivity contribution is 8.00. The van der Waals surface area contributed by atoms with Crippen LogP contribution in [0.4, 0.5) is 5.82 Å². The molecule has 0 fully saturated rings. The first kappa shape index (κ1) is 20.0. The number of hydrogen-bond acceptors (Lipinski definition) is 6. The lowest BCUT2D eigenvalue weighted by molar-refractivity contribution is 0.102. The largest absolute Gasteiger partial charge is 0.388 e. The van der Waals surface area contributed by atoms with E-state index in [-0.39, 0.29) is 23.1 Å². The van der Waals surface area contributed by atoms with Gasteiger partial charge in [-0.05, 0) is 11.5 Å². The third-order valence-corrected chi connectivity index (χ3v) is 4.78. The van der Waals surface area contributed by atoms with Gasteiger partial charge in [0.15, 0.2) is 5.78 Å². The molecule has 4 N–H and O–H groups in total. The Morgan fingerprint density at radius 1 is 1.27 bits per heavy atom. The van der Waals surface area contributed by atoms with Crippen LogP contribution >= 0.6 is 11.8 Å². The molecule has 0 amide bonds. The van der Waals surface area contributed by atoms with Crippen LogP contribution in [0, 0.1) is 5.92 Å². The van der Waals surface area contributed by atoms with E-state index in [0.717, 1.165) is 5.56 Å². The number of carbonyl (C=O) groups excluding carboxylic acids is 1. The van der Waals surface area contributed by atoms with Crippen molar-refractivity contribution < 1.29 is 9.90 Å². The second-order valence-electron chi connectivity index (χ2n) is 6.39. The highest BCUT2D eigenvalue weighted by atomic mass is 32.2. The Morgan fingerprint density at radius 2 is 1.92 bits per heavy atom. The summed E-state index contributed by atoms with van der Waals surface area (Å²) in [6.45, 7) is 4.11. The van der Waals surface area contributed by atoms with Gasteiger partial charge in [-0.15, -0.1) is 0 Å². The molecule has 1 unspecified atom stereocenters. The van der Waals surface area contributed by atoms with E-state index in [9.17, 15) is 19.5 Å². The number of aromatic amines is 1. The summed E-state index contributed by atoms with van der Waals surface area (Å²) in [4.78, 5) is 38.5. The fourth-order valence-electron chi connectivity index (χ4n) is 2.51. The summed E-state index contributed by atoms with van der Waals surface area (Å²) in [5.74, 6) is -0.164. The van der Waals surface area contributed by atoms with Gasteiger partial charge in [0.1, 0.15) is 11.4 Å². The Kier molecular flexibility index (Phi) is 6.82. The van der Waals surface area contributed by atoms with Gasteiger partial charge in [-0.3, -0.25) is 19.1 Å². The summed E-state index contributed by atoms with van der Waals surface area (Å²) in [5, 5.41) is 10.1. The number of H-pyrrole nitrogens is 1. The van der Waals surface area contributed by atoms with E-state index < -0.39 is 23.1 Å². The number of anilines is 1. The van der Waals surface area contributed by atoms with E-state index in [0.29, 0.717) is 12.3 Å². The maximum atomic E-state index is 12.4. The first-order chi connectivity index (χ1) is 12.3. The Balaban J connectivity index is 2.10. The fraction of sp³-hybridized carbons (Fsp3) is 0.389. The van der Waals surface area contributed by atoms with Crippen LogP contribution in [0.15, 0.2) is 39.9 Å². The van der Waals surface area contributed by atoms with Crippen molar-refractivity contribution in [3.63, 3.8) is 0 Å². The van der Waals surface area contributed by atoms with Crippen LogP contribution in [0.25, 0.3) is 0 Å². The van der Waals surface area contributed by atoms with Gasteiger partial charge in [0.25, 0.3) is 5.56 Å². The molecular weight excluding hydrogens is 354 g/mol. The Labute approximate surface area is 155 Å². The molecule has 0 bridgehead atoms. The monoisotopic (exact) mass is 377 g/mol. The van der Waals surface area contributed by atoms with Crippen molar-refractivity contribution in [2.45, 2.75) is 26.5 Å². The summed E-state index contributed by atoms with van der Waals surface area (Å²) in [5.41, 5.74) is 5.08. The normalized spacial score (nSPS) is 12.3. The smallest absolute Gasteiger partial charge is 0.329 e. The van der Waals surface area contributed by atoms with Crippen LogP contribution in [-0.2, 0) is 6.54 Å². The molecule has 1 aromatic heterocycles. The van der Waals surface area contributed by atoms with Crippen molar-refractivity contribution in [2.24, 2.45) is 5.92 Å². The Morgan fingerprint density at radius 3 is 2.54 bits per heavy atom. The number of nitrogens with zero attached hydrogens (tertiary/aromatic N) is 1. The summed E-state index contributed by atoms with van der Waals surface area (Å²) in [6, 6.07) is 9.11. The minimum atomic E-state index is -0.776. The molecule has 0 saturated heterocycles. The lowest BCUT2D eigenvalue weighted by Gasteiger charge is -2.14. The number of ketones is 1. The van der Waals surface area contributed by atoms with Crippen LogP contribution in [0.2, 0.25) is 0 Å². The maximum absolute atomic E-state index is 12.4. The molecule has 2 aromatic rings. The van der Waals surface area contributed by atoms with Gasteiger partial charge in [-0.2, -0.15) is 11.8 Å². The third-order valence-electron chi connectivity index (χ3n) is 3.76.